The molecular weight excluding hydrogens is 444 g/mol. The fourth-order valence-corrected chi connectivity index (χ4v) is 3.92. The van der Waals surface area contributed by atoms with Gasteiger partial charge in [-0.2, -0.15) is 10.5 Å². The Kier molecular flexibility index (Phi) is 7.87. The zero-order chi connectivity index (χ0) is 23.4. The first-order valence-electron chi connectivity index (χ1n) is 10.7. The van der Waals surface area contributed by atoms with Crippen LogP contribution in [0.3, 0.4) is 0 Å². The summed E-state index contributed by atoms with van der Waals surface area (Å²) in [5.74, 6) is 0. The number of nitrogens with zero attached hydrogens (tertiary/aromatic N) is 4. The number of nitriles is 2. The molecule has 0 saturated heterocycles. The molecule has 0 radical (unpaired) electrons. The number of benzene rings is 3. The van der Waals surface area contributed by atoms with Gasteiger partial charge in [0.1, 0.15) is 6.10 Å². The lowest BCUT2D eigenvalue weighted by Crippen LogP contribution is -2.11. The molecule has 0 aliphatic heterocycles. The smallest absolute Gasteiger partial charge is 0.124 e. The van der Waals surface area contributed by atoms with Crippen LogP contribution in [-0.2, 0) is 18.4 Å². The third-order valence-electron chi connectivity index (χ3n) is 5.98. The quantitative estimate of drug-likeness (QED) is 0.339. The van der Waals surface area contributed by atoms with E-state index in [0.29, 0.717) is 17.7 Å². The fraction of sp³-hybridized carbons (Fsp3) is 0.179. The van der Waals surface area contributed by atoms with Crippen LogP contribution in [0.15, 0.2) is 73.2 Å². The van der Waals surface area contributed by atoms with Crippen molar-refractivity contribution in [1.29, 1.82) is 10.5 Å². The van der Waals surface area contributed by atoms with Crippen LogP contribution < -0.4 is 0 Å². The SMILES string of the molecule is Cc1cccc(-c2cc(C(OCc3ccc(C#N)cc3)c3cncn3C)ccc2C#N)c1C.Cl. The Morgan fingerprint density at radius 2 is 1.74 bits per heavy atom. The number of hydrogen-bond donors (Lipinski definition) is 0. The van der Waals surface area contributed by atoms with E-state index in [1.165, 1.54) is 5.56 Å². The molecule has 0 N–H and O–H groups in total. The highest BCUT2D eigenvalue weighted by molar-refractivity contribution is 5.85. The average molecular weight is 469 g/mol. The van der Waals surface area contributed by atoms with Gasteiger partial charge in [-0.05, 0) is 65.9 Å². The Hall–Kier alpha value is -3.90. The van der Waals surface area contributed by atoms with Crippen LogP contribution in [0.1, 0.15) is 45.2 Å². The largest absolute Gasteiger partial charge is 0.363 e. The first-order valence-corrected chi connectivity index (χ1v) is 10.7. The Labute approximate surface area is 206 Å². The third kappa shape index (κ3) is 5.02. The first-order chi connectivity index (χ1) is 16.0. The minimum absolute atomic E-state index is 0. The minimum atomic E-state index is -0.371. The topological polar surface area (TPSA) is 74.6 Å². The molecular formula is C28H25ClN4O. The van der Waals surface area contributed by atoms with Crippen LogP contribution in [0.5, 0.6) is 0 Å². The molecule has 6 heteroatoms. The molecule has 1 atom stereocenters. The Bertz CT molecular complexity index is 1380. The van der Waals surface area contributed by atoms with Gasteiger partial charge >= 0.3 is 0 Å². The van der Waals surface area contributed by atoms with Crippen molar-refractivity contribution in [2.24, 2.45) is 7.05 Å². The van der Waals surface area contributed by atoms with Crippen molar-refractivity contribution in [1.82, 2.24) is 9.55 Å². The van der Waals surface area contributed by atoms with Gasteiger partial charge in [0.2, 0.25) is 0 Å². The maximum Gasteiger partial charge on any atom is 0.124 e. The molecule has 0 amide bonds. The molecule has 0 spiro atoms. The van der Waals surface area contributed by atoms with Crippen LogP contribution >= 0.6 is 12.4 Å². The highest BCUT2D eigenvalue weighted by Crippen LogP contribution is 2.34. The standard InChI is InChI=1S/C28H24N4O.ClH/c1-19-5-4-6-25(20(19)2)26-13-23(11-12-24(26)15-30)28(27-16-31-18-32(27)3)33-17-22-9-7-21(14-29)8-10-22;/h4-13,16,18,28H,17H2,1-3H3;1H. The molecule has 1 aromatic heterocycles. The summed E-state index contributed by atoms with van der Waals surface area (Å²) in [6.07, 6.45) is 3.19. The predicted octanol–water partition coefficient (Wildman–Crippen LogP) is 6.18. The number of aromatic nitrogens is 2. The second kappa shape index (κ2) is 10.8. The fourth-order valence-electron chi connectivity index (χ4n) is 3.92. The summed E-state index contributed by atoms with van der Waals surface area (Å²) >= 11 is 0. The van der Waals surface area contributed by atoms with Crippen molar-refractivity contribution in [3.05, 3.63) is 112 Å². The van der Waals surface area contributed by atoms with Gasteiger partial charge in [0.15, 0.2) is 0 Å². The summed E-state index contributed by atoms with van der Waals surface area (Å²) in [5.41, 5.74) is 8.36. The molecule has 34 heavy (non-hydrogen) atoms. The molecule has 0 saturated carbocycles. The van der Waals surface area contributed by atoms with Gasteiger partial charge in [-0.15, -0.1) is 12.4 Å². The zero-order valence-electron chi connectivity index (χ0n) is 19.3. The number of halogens is 1. The van der Waals surface area contributed by atoms with E-state index in [1.54, 1.807) is 24.7 Å². The molecule has 5 nitrogen and oxygen atoms in total. The van der Waals surface area contributed by atoms with Crippen molar-refractivity contribution in [2.75, 3.05) is 0 Å². The number of aryl methyl sites for hydroxylation is 2. The normalized spacial score (nSPS) is 11.2. The van der Waals surface area contributed by atoms with E-state index in [9.17, 15) is 5.26 Å². The summed E-state index contributed by atoms with van der Waals surface area (Å²) in [5, 5.41) is 18.8. The third-order valence-corrected chi connectivity index (χ3v) is 5.98. The Morgan fingerprint density at radius 1 is 0.971 bits per heavy atom. The molecule has 170 valence electrons. The molecule has 0 fully saturated rings. The van der Waals surface area contributed by atoms with Crippen molar-refractivity contribution < 1.29 is 4.74 Å². The van der Waals surface area contributed by atoms with E-state index in [4.69, 9.17) is 10.00 Å². The molecule has 0 bridgehead atoms. The second-order valence-corrected chi connectivity index (χ2v) is 8.09. The predicted molar refractivity (Wildman–Crippen MR) is 134 cm³/mol. The van der Waals surface area contributed by atoms with Gasteiger partial charge in [0, 0.05) is 12.6 Å². The summed E-state index contributed by atoms with van der Waals surface area (Å²) in [4.78, 5) is 4.28. The summed E-state index contributed by atoms with van der Waals surface area (Å²) in [6.45, 7) is 4.53. The second-order valence-electron chi connectivity index (χ2n) is 8.09. The average Bonchev–Trinajstić information content (AvgIpc) is 3.27. The molecule has 0 aliphatic rings. The number of imidazole rings is 1. The summed E-state index contributed by atoms with van der Waals surface area (Å²) in [7, 11) is 1.94. The molecule has 1 heterocycles. The minimum Gasteiger partial charge on any atom is -0.363 e. The van der Waals surface area contributed by atoms with Gasteiger partial charge in [0.05, 0.1) is 48.1 Å². The van der Waals surface area contributed by atoms with Crippen LogP contribution in [-0.4, -0.2) is 9.55 Å². The monoisotopic (exact) mass is 468 g/mol. The number of ether oxygens (including phenoxy) is 1. The van der Waals surface area contributed by atoms with E-state index < -0.39 is 0 Å². The van der Waals surface area contributed by atoms with Gasteiger partial charge < -0.3 is 9.30 Å². The van der Waals surface area contributed by atoms with Crippen molar-refractivity contribution in [3.8, 4) is 23.3 Å². The molecule has 0 aliphatic carbocycles. The summed E-state index contributed by atoms with van der Waals surface area (Å²) < 4.78 is 8.35. The summed E-state index contributed by atoms with van der Waals surface area (Å²) in [6, 6.07) is 23.9. The van der Waals surface area contributed by atoms with E-state index in [2.05, 4.69) is 49.2 Å². The van der Waals surface area contributed by atoms with E-state index in [-0.39, 0.29) is 18.5 Å². The number of hydrogen-bond acceptors (Lipinski definition) is 4. The maximum atomic E-state index is 9.77. The molecule has 4 aromatic rings. The van der Waals surface area contributed by atoms with Gasteiger partial charge in [-0.25, -0.2) is 4.98 Å². The maximum absolute atomic E-state index is 9.77. The first kappa shape index (κ1) is 24.7. The van der Waals surface area contributed by atoms with Crippen molar-refractivity contribution in [2.45, 2.75) is 26.6 Å². The molecule has 4 rings (SSSR count). The lowest BCUT2D eigenvalue weighted by molar-refractivity contribution is 0.0622. The highest BCUT2D eigenvalue weighted by Gasteiger charge is 2.21. The van der Waals surface area contributed by atoms with Gasteiger partial charge in [0.25, 0.3) is 0 Å². The van der Waals surface area contributed by atoms with Gasteiger partial charge in [-0.3, -0.25) is 0 Å². The van der Waals surface area contributed by atoms with E-state index in [0.717, 1.165) is 33.5 Å². The lowest BCUT2D eigenvalue weighted by atomic mass is 9.91. The van der Waals surface area contributed by atoms with Crippen LogP contribution in [0.4, 0.5) is 0 Å². The Morgan fingerprint density at radius 3 is 2.38 bits per heavy atom. The lowest BCUT2D eigenvalue weighted by Gasteiger charge is -2.21. The number of rotatable bonds is 6. The van der Waals surface area contributed by atoms with Crippen molar-refractivity contribution in [3.63, 3.8) is 0 Å². The van der Waals surface area contributed by atoms with Gasteiger partial charge in [-0.1, -0.05) is 36.4 Å². The van der Waals surface area contributed by atoms with Crippen molar-refractivity contribution >= 4 is 12.4 Å². The van der Waals surface area contributed by atoms with Crippen LogP contribution in [0.25, 0.3) is 11.1 Å². The molecule has 3 aromatic carbocycles. The highest BCUT2D eigenvalue weighted by atomic mass is 35.5. The molecule has 1 unspecified atom stereocenters. The van der Waals surface area contributed by atoms with Crippen LogP contribution in [0, 0.1) is 36.5 Å². The van der Waals surface area contributed by atoms with Crippen LogP contribution in [0.2, 0.25) is 0 Å². The Balaban J connectivity index is 0.00000324. The zero-order valence-corrected chi connectivity index (χ0v) is 20.1. The van der Waals surface area contributed by atoms with E-state index >= 15 is 0 Å². The van der Waals surface area contributed by atoms with E-state index in [1.807, 2.05) is 41.9 Å².